The molecule has 0 radical (unpaired) electrons. The van der Waals surface area contributed by atoms with Gasteiger partial charge in [0.05, 0.1) is 26.3 Å². The largest absolute Gasteiger partial charge is 0.493 e. The van der Waals surface area contributed by atoms with Crippen molar-refractivity contribution in [3.05, 3.63) is 53.6 Å². The van der Waals surface area contributed by atoms with Gasteiger partial charge in [0.15, 0.2) is 17.5 Å². The second-order valence-electron chi connectivity index (χ2n) is 6.05. The molecule has 0 fully saturated rings. The van der Waals surface area contributed by atoms with Gasteiger partial charge in [-0.2, -0.15) is 0 Å². The Hall–Kier alpha value is -2.60. The number of methoxy groups -OCH3 is 1. The molecule has 1 aliphatic rings. The van der Waals surface area contributed by atoms with Crippen LogP contribution in [0.3, 0.4) is 0 Å². The SMILES string of the molecule is C#CCOc1cc(CN=C(N)NC2CCOc3ccccc32)ccc1OC.I. The lowest BCUT2D eigenvalue weighted by molar-refractivity contribution is 0.262. The second kappa shape index (κ2) is 10.7. The number of aliphatic imine (C=N–C) groups is 1. The Morgan fingerprint density at radius 3 is 2.93 bits per heavy atom. The van der Waals surface area contributed by atoms with Gasteiger partial charge in [0.25, 0.3) is 0 Å². The summed E-state index contributed by atoms with van der Waals surface area (Å²) in [4.78, 5) is 4.44. The lowest BCUT2D eigenvalue weighted by Crippen LogP contribution is -2.37. The Morgan fingerprint density at radius 2 is 2.14 bits per heavy atom. The average molecular weight is 493 g/mol. The molecule has 0 aromatic heterocycles. The zero-order valence-electron chi connectivity index (χ0n) is 15.7. The molecule has 0 amide bonds. The van der Waals surface area contributed by atoms with Gasteiger partial charge in [0.2, 0.25) is 0 Å². The van der Waals surface area contributed by atoms with Crippen molar-refractivity contribution < 1.29 is 14.2 Å². The van der Waals surface area contributed by atoms with Crippen molar-refractivity contribution in [2.75, 3.05) is 20.3 Å². The number of nitrogens with zero attached hydrogens (tertiary/aromatic N) is 1. The van der Waals surface area contributed by atoms with Gasteiger partial charge in [-0.15, -0.1) is 30.4 Å². The minimum Gasteiger partial charge on any atom is -0.493 e. The van der Waals surface area contributed by atoms with Crippen LogP contribution in [0, 0.1) is 12.3 Å². The number of hydrogen-bond donors (Lipinski definition) is 2. The molecule has 28 heavy (non-hydrogen) atoms. The molecule has 2 aromatic rings. The first-order valence-electron chi connectivity index (χ1n) is 8.72. The first-order chi connectivity index (χ1) is 13.2. The number of benzene rings is 2. The Labute approximate surface area is 182 Å². The number of rotatable bonds is 6. The summed E-state index contributed by atoms with van der Waals surface area (Å²) in [5.41, 5.74) is 8.14. The van der Waals surface area contributed by atoms with E-state index in [1.165, 1.54) is 0 Å². The van der Waals surface area contributed by atoms with Crippen LogP contribution < -0.4 is 25.3 Å². The molecule has 0 saturated heterocycles. The van der Waals surface area contributed by atoms with Gasteiger partial charge in [-0.3, -0.25) is 0 Å². The van der Waals surface area contributed by atoms with Gasteiger partial charge in [-0.25, -0.2) is 4.99 Å². The summed E-state index contributed by atoms with van der Waals surface area (Å²) >= 11 is 0. The molecule has 3 rings (SSSR count). The maximum Gasteiger partial charge on any atom is 0.189 e. The molecule has 0 saturated carbocycles. The maximum atomic E-state index is 6.10. The number of hydrogen-bond acceptors (Lipinski definition) is 4. The van der Waals surface area contributed by atoms with Gasteiger partial charge >= 0.3 is 0 Å². The fourth-order valence-electron chi connectivity index (χ4n) is 2.94. The molecule has 0 spiro atoms. The Kier molecular flexibility index (Phi) is 8.26. The van der Waals surface area contributed by atoms with E-state index in [4.69, 9.17) is 26.4 Å². The predicted octanol–water partition coefficient (Wildman–Crippen LogP) is 3.25. The lowest BCUT2D eigenvalue weighted by Gasteiger charge is -2.26. The fraction of sp³-hybridized carbons (Fsp3) is 0.286. The third-order valence-corrected chi connectivity index (χ3v) is 4.25. The van der Waals surface area contributed by atoms with Crippen molar-refractivity contribution in [3.8, 4) is 29.6 Å². The van der Waals surface area contributed by atoms with Crippen molar-refractivity contribution in [2.45, 2.75) is 19.0 Å². The van der Waals surface area contributed by atoms with Crippen LogP contribution in [0.15, 0.2) is 47.5 Å². The highest BCUT2D eigenvalue weighted by molar-refractivity contribution is 14.0. The van der Waals surface area contributed by atoms with E-state index in [9.17, 15) is 0 Å². The molecule has 1 atom stereocenters. The van der Waals surface area contributed by atoms with Crippen LogP contribution >= 0.6 is 24.0 Å². The van der Waals surface area contributed by atoms with Crippen molar-refractivity contribution in [3.63, 3.8) is 0 Å². The first kappa shape index (κ1) is 21.7. The number of fused-ring (bicyclic) bond motifs is 1. The van der Waals surface area contributed by atoms with E-state index in [1.54, 1.807) is 7.11 Å². The third kappa shape index (κ3) is 5.45. The van der Waals surface area contributed by atoms with E-state index >= 15 is 0 Å². The Bertz CT molecular complexity index is 864. The summed E-state index contributed by atoms with van der Waals surface area (Å²) in [6.07, 6.45) is 6.09. The second-order valence-corrected chi connectivity index (χ2v) is 6.05. The van der Waals surface area contributed by atoms with E-state index in [1.807, 2.05) is 42.5 Å². The van der Waals surface area contributed by atoms with Crippen LogP contribution in [0.1, 0.15) is 23.6 Å². The van der Waals surface area contributed by atoms with Crippen LogP contribution in [0.4, 0.5) is 0 Å². The van der Waals surface area contributed by atoms with Crippen molar-refractivity contribution in [1.82, 2.24) is 5.32 Å². The molecular weight excluding hydrogens is 469 g/mol. The monoisotopic (exact) mass is 493 g/mol. The summed E-state index contributed by atoms with van der Waals surface area (Å²) in [6, 6.07) is 13.6. The number of ether oxygens (including phenoxy) is 3. The molecule has 3 N–H and O–H groups in total. The van der Waals surface area contributed by atoms with Gasteiger partial charge < -0.3 is 25.3 Å². The fourth-order valence-corrected chi connectivity index (χ4v) is 2.94. The number of nitrogens with one attached hydrogen (secondary N) is 1. The molecule has 1 heterocycles. The van der Waals surface area contributed by atoms with Crippen molar-refractivity contribution in [2.24, 2.45) is 10.7 Å². The minimum absolute atomic E-state index is 0. The standard InChI is InChI=1S/C21H23N3O3.HI/c1-3-11-26-20-13-15(8-9-19(20)25-2)14-23-21(22)24-17-10-12-27-18-7-5-4-6-16(17)18;/h1,4-9,13,17H,10-12,14H2,2H3,(H3,22,23,24);1H. The molecule has 0 bridgehead atoms. The number of terminal acetylenes is 1. The van der Waals surface area contributed by atoms with E-state index in [0.717, 1.165) is 23.3 Å². The summed E-state index contributed by atoms with van der Waals surface area (Å²) in [5.74, 6) is 4.94. The van der Waals surface area contributed by atoms with Gasteiger partial charge in [-0.05, 0) is 23.8 Å². The van der Waals surface area contributed by atoms with Crippen LogP contribution in [-0.2, 0) is 6.54 Å². The minimum atomic E-state index is 0. The number of para-hydroxylation sites is 1. The summed E-state index contributed by atoms with van der Waals surface area (Å²) in [5, 5.41) is 3.28. The lowest BCUT2D eigenvalue weighted by atomic mass is 10.0. The average Bonchev–Trinajstić information content (AvgIpc) is 2.71. The molecule has 1 unspecified atom stereocenters. The molecule has 6 nitrogen and oxygen atoms in total. The Balaban J connectivity index is 0.00000280. The summed E-state index contributed by atoms with van der Waals surface area (Å²) < 4.78 is 16.5. The van der Waals surface area contributed by atoms with E-state index < -0.39 is 0 Å². The molecule has 148 valence electrons. The smallest absolute Gasteiger partial charge is 0.189 e. The molecule has 7 heteroatoms. The number of guanidine groups is 1. The van der Waals surface area contributed by atoms with Crippen LogP contribution in [0.25, 0.3) is 0 Å². The van der Waals surface area contributed by atoms with Gasteiger partial charge in [0.1, 0.15) is 12.4 Å². The van der Waals surface area contributed by atoms with E-state index in [-0.39, 0.29) is 36.6 Å². The Morgan fingerprint density at radius 1 is 1.32 bits per heavy atom. The highest BCUT2D eigenvalue weighted by atomic mass is 127. The zero-order valence-corrected chi connectivity index (χ0v) is 18.0. The topological polar surface area (TPSA) is 78.1 Å². The molecular formula is C21H24IN3O3. The maximum absolute atomic E-state index is 6.10. The van der Waals surface area contributed by atoms with Crippen molar-refractivity contribution in [1.29, 1.82) is 0 Å². The number of nitrogens with two attached hydrogens (primary N) is 1. The van der Waals surface area contributed by atoms with E-state index in [0.29, 0.717) is 30.6 Å². The third-order valence-electron chi connectivity index (χ3n) is 4.25. The summed E-state index contributed by atoms with van der Waals surface area (Å²) in [6.45, 7) is 1.24. The predicted molar refractivity (Wildman–Crippen MR) is 120 cm³/mol. The molecule has 1 aliphatic heterocycles. The van der Waals surface area contributed by atoms with Crippen LogP contribution in [-0.4, -0.2) is 26.3 Å². The summed E-state index contributed by atoms with van der Waals surface area (Å²) in [7, 11) is 1.59. The van der Waals surface area contributed by atoms with Crippen LogP contribution in [0.5, 0.6) is 17.2 Å². The highest BCUT2D eigenvalue weighted by Crippen LogP contribution is 2.31. The molecule has 0 aliphatic carbocycles. The zero-order chi connectivity index (χ0) is 19.1. The van der Waals surface area contributed by atoms with Gasteiger partial charge in [0, 0.05) is 12.0 Å². The normalized spacial score (nSPS) is 15.3. The van der Waals surface area contributed by atoms with Gasteiger partial charge in [-0.1, -0.05) is 30.2 Å². The number of halogens is 1. The van der Waals surface area contributed by atoms with E-state index in [2.05, 4.69) is 16.2 Å². The van der Waals surface area contributed by atoms with Crippen LogP contribution in [0.2, 0.25) is 0 Å². The highest BCUT2D eigenvalue weighted by Gasteiger charge is 2.21. The first-order valence-corrected chi connectivity index (χ1v) is 8.72. The molecule has 2 aromatic carbocycles. The quantitative estimate of drug-likeness (QED) is 0.280. The van der Waals surface area contributed by atoms with Crippen molar-refractivity contribution >= 4 is 29.9 Å².